The Morgan fingerprint density at radius 1 is 1.12 bits per heavy atom. The summed E-state index contributed by atoms with van der Waals surface area (Å²) in [5.41, 5.74) is 1.23. The summed E-state index contributed by atoms with van der Waals surface area (Å²) in [6.45, 7) is 6.84. The van der Waals surface area contributed by atoms with Crippen molar-refractivity contribution in [3.8, 4) is 0 Å². The average Bonchev–Trinajstić information content (AvgIpc) is 3.22. The van der Waals surface area contributed by atoms with Gasteiger partial charge >= 0.3 is 11.9 Å². The first kappa shape index (κ1) is 25.9. The Hall–Kier alpha value is -2.37. The molecule has 32 heavy (non-hydrogen) atoms. The molecule has 6 heteroatoms. The minimum atomic E-state index is -0.916. The van der Waals surface area contributed by atoms with Crippen molar-refractivity contribution < 1.29 is 24.2 Å². The molecule has 0 saturated carbocycles. The number of aliphatic carboxylic acids is 1. The molecule has 1 amide bonds. The van der Waals surface area contributed by atoms with E-state index in [1.807, 2.05) is 30.0 Å². The van der Waals surface area contributed by atoms with Gasteiger partial charge < -0.3 is 14.7 Å². The first-order chi connectivity index (χ1) is 15.4. The molecule has 1 fully saturated rings. The van der Waals surface area contributed by atoms with Crippen LogP contribution >= 0.6 is 0 Å². The van der Waals surface area contributed by atoms with E-state index in [9.17, 15) is 19.5 Å². The second-order valence-electron chi connectivity index (χ2n) is 9.02. The van der Waals surface area contributed by atoms with E-state index in [0.29, 0.717) is 26.0 Å². The van der Waals surface area contributed by atoms with Crippen LogP contribution in [0.5, 0.6) is 0 Å². The number of hydrogen-bond acceptors (Lipinski definition) is 4. The van der Waals surface area contributed by atoms with E-state index in [1.54, 1.807) is 6.92 Å². The number of carbonyl (C=O) groups excluding carboxylic acids is 2. The molecule has 0 aliphatic carbocycles. The number of nitrogens with zero attached hydrogens (tertiary/aromatic N) is 1. The number of carboxylic acids is 1. The summed E-state index contributed by atoms with van der Waals surface area (Å²) in [4.78, 5) is 39.0. The Kier molecular flexibility index (Phi) is 10.7. The van der Waals surface area contributed by atoms with Gasteiger partial charge in [-0.25, -0.2) is 0 Å². The molecule has 0 bridgehead atoms. The molecule has 1 N–H and O–H groups in total. The SMILES string of the molecule is CCCCOC(=O)C(CC(C)C(=O)O)CC(CC(CC)c1ccccc1)N1CCCC1=O. The van der Waals surface area contributed by atoms with E-state index in [-0.39, 0.29) is 30.3 Å². The molecule has 1 aromatic carbocycles. The number of esters is 1. The second-order valence-corrected chi connectivity index (χ2v) is 9.02. The zero-order chi connectivity index (χ0) is 23.5. The van der Waals surface area contributed by atoms with E-state index in [1.165, 1.54) is 5.56 Å². The number of carbonyl (C=O) groups is 3. The Morgan fingerprint density at radius 3 is 2.41 bits per heavy atom. The lowest BCUT2D eigenvalue weighted by molar-refractivity contribution is -0.152. The van der Waals surface area contributed by atoms with Gasteiger partial charge in [0.1, 0.15) is 0 Å². The quantitative estimate of drug-likeness (QED) is 0.321. The number of carboxylic acid groups (broad SMARTS) is 1. The first-order valence-corrected chi connectivity index (χ1v) is 12.1. The minimum Gasteiger partial charge on any atom is -0.481 e. The highest BCUT2D eigenvalue weighted by Gasteiger charge is 2.35. The largest absolute Gasteiger partial charge is 0.481 e. The highest BCUT2D eigenvalue weighted by atomic mass is 16.5. The summed E-state index contributed by atoms with van der Waals surface area (Å²) >= 11 is 0. The van der Waals surface area contributed by atoms with E-state index >= 15 is 0 Å². The number of amides is 1. The average molecular weight is 446 g/mol. The van der Waals surface area contributed by atoms with Crippen molar-refractivity contribution in [3.63, 3.8) is 0 Å². The number of likely N-dealkylation sites (tertiary alicyclic amines) is 1. The van der Waals surface area contributed by atoms with E-state index in [2.05, 4.69) is 19.1 Å². The van der Waals surface area contributed by atoms with Crippen LogP contribution in [-0.2, 0) is 19.1 Å². The van der Waals surface area contributed by atoms with E-state index < -0.39 is 17.8 Å². The van der Waals surface area contributed by atoms with Crippen molar-refractivity contribution in [2.45, 2.75) is 84.1 Å². The van der Waals surface area contributed by atoms with Crippen LogP contribution in [0.15, 0.2) is 30.3 Å². The van der Waals surface area contributed by atoms with Crippen LogP contribution in [0.1, 0.15) is 83.6 Å². The molecule has 0 spiro atoms. The lowest BCUT2D eigenvalue weighted by Crippen LogP contribution is -2.40. The maximum atomic E-state index is 12.9. The predicted octanol–water partition coefficient (Wildman–Crippen LogP) is 5.02. The number of benzene rings is 1. The molecule has 178 valence electrons. The van der Waals surface area contributed by atoms with Crippen molar-refractivity contribution in [2.75, 3.05) is 13.2 Å². The standard InChI is InChI=1S/C26H39NO5/c1-4-6-15-32-26(31)22(16-19(3)25(29)30)18-23(27-14-10-13-24(27)28)17-20(5-2)21-11-8-7-9-12-21/h7-9,11-12,19-20,22-23H,4-6,10,13-18H2,1-3H3,(H,29,30). The molecule has 0 radical (unpaired) electrons. The van der Waals surface area contributed by atoms with Gasteiger partial charge in [-0.3, -0.25) is 14.4 Å². The van der Waals surface area contributed by atoms with Crippen LogP contribution in [-0.4, -0.2) is 47.0 Å². The molecule has 2 rings (SSSR count). The predicted molar refractivity (Wildman–Crippen MR) is 124 cm³/mol. The fourth-order valence-corrected chi connectivity index (χ4v) is 4.58. The van der Waals surface area contributed by atoms with Crippen molar-refractivity contribution in [1.82, 2.24) is 4.90 Å². The molecule has 4 atom stereocenters. The normalized spacial score (nSPS) is 17.6. The maximum Gasteiger partial charge on any atom is 0.309 e. The van der Waals surface area contributed by atoms with Crippen LogP contribution in [0, 0.1) is 11.8 Å². The van der Waals surface area contributed by atoms with Crippen LogP contribution in [0.3, 0.4) is 0 Å². The van der Waals surface area contributed by atoms with E-state index in [4.69, 9.17) is 4.74 Å². The summed E-state index contributed by atoms with van der Waals surface area (Å²) in [5.74, 6) is -2.04. The zero-order valence-electron chi connectivity index (χ0n) is 19.8. The van der Waals surface area contributed by atoms with Gasteiger partial charge in [0.15, 0.2) is 0 Å². The van der Waals surface area contributed by atoms with E-state index in [0.717, 1.165) is 32.1 Å². The second kappa shape index (κ2) is 13.2. The van der Waals surface area contributed by atoms with Gasteiger partial charge in [-0.05, 0) is 50.0 Å². The minimum absolute atomic E-state index is 0.111. The third-order valence-electron chi connectivity index (χ3n) is 6.56. The molecular formula is C26H39NO5. The van der Waals surface area contributed by atoms with Gasteiger partial charge in [-0.2, -0.15) is 0 Å². The highest BCUT2D eigenvalue weighted by molar-refractivity contribution is 5.79. The van der Waals surface area contributed by atoms with Gasteiger partial charge in [0.05, 0.1) is 18.4 Å². The Morgan fingerprint density at radius 2 is 1.84 bits per heavy atom. The number of unbranched alkanes of at least 4 members (excludes halogenated alkanes) is 1. The summed E-state index contributed by atoms with van der Waals surface area (Å²) in [6, 6.07) is 10.2. The van der Waals surface area contributed by atoms with Crippen molar-refractivity contribution in [3.05, 3.63) is 35.9 Å². The highest BCUT2D eigenvalue weighted by Crippen LogP contribution is 2.33. The number of ether oxygens (including phenoxy) is 1. The number of rotatable bonds is 14. The Bertz CT molecular complexity index is 735. The lowest BCUT2D eigenvalue weighted by atomic mass is 9.83. The van der Waals surface area contributed by atoms with Gasteiger partial charge in [0, 0.05) is 19.0 Å². The molecule has 1 heterocycles. The monoisotopic (exact) mass is 445 g/mol. The van der Waals surface area contributed by atoms with Crippen LogP contribution in [0.25, 0.3) is 0 Å². The lowest BCUT2D eigenvalue weighted by Gasteiger charge is -2.33. The summed E-state index contributed by atoms with van der Waals surface area (Å²) in [7, 11) is 0. The van der Waals surface area contributed by atoms with Gasteiger partial charge in [0.25, 0.3) is 0 Å². The fraction of sp³-hybridized carbons (Fsp3) is 0.654. The molecule has 1 aliphatic heterocycles. The molecule has 4 unspecified atom stereocenters. The van der Waals surface area contributed by atoms with Crippen LogP contribution < -0.4 is 0 Å². The summed E-state index contributed by atoms with van der Waals surface area (Å²) < 4.78 is 5.50. The molecule has 1 aliphatic rings. The smallest absolute Gasteiger partial charge is 0.309 e. The van der Waals surface area contributed by atoms with Gasteiger partial charge in [-0.15, -0.1) is 0 Å². The molecule has 6 nitrogen and oxygen atoms in total. The van der Waals surface area contributed by atoms with Gasteiger partial charge in [-0.1, -0.05) is 57.5 Å². The topological polar surface area (TPSA) is 83.9 Å². The molecule has 0 aromatic heterocycles. The van der Waals surface area contributed by atoms with Crippen LogP contribution in [0.2, 0.25) is 0 Å². The van der Waals surface area contributed by atoms with Crippen molar-refractivity contribution in [2.24, 2.45) is 11.8 Å². The number of hydrogen-bond donors (Lipinski definition) is 1. The van der Waals surface area contributed by atoms with Crippen LogP contribution in [0.4, 0.5) is 0 Å². The molecular weight excluding hydrogens is 406 g/mol. The van der Waals surface area contributed by atoms with Crippen molar-refractivity contribution >= 4 is 17.8 Å². The Balaban J connectivity index is 2.24. The van der Waals surface area contributed by atoms with Gasteiger partial charge in [0.2, 0.25) is 5.91 Å². The first-order valence-electron chi connectivity index (χ1n) is 12.1. The molecule has 1 aromatic rings. The molecule has 1 saturated heterocycles. The maximum absolute atomic E-state index is 12.9. The fourth-order valence-electron chi connectivity index (χ4n) is 4.58. The third-order valence-corrected chi connectivity index (χ3v) is 6.56. The zero-order valence-corrected chi connectivity index (χ0v) is 19.8. The Labute approximate surface area is 192 Å². The summed E-state index contributed by atoms with van der Waals surface area (Å²) in [5, 5.41) is 9.43. The van der Waals surface area contributed by atoms with Crippen molar-refractivity contribution in [1.29, 1.82) is 0 Å². The third kappa shape index (κ3) is 7.64. The summed E-state index contributed by atoms with van der Waals surface area (Å²) in [6.07, 6.45) is 5.42.